The van der Waals surface area contributed by atoms with Gasteiger partial charge in [0.25, 0.3) is 11.8 Å². The normalized spacial score (nSPS) is 35.2. The van der Waals surface area contributed by atoms with Gasteiger partial charge in [-0.3, -0.25) is 19.2 Å². The summed E-state index contributed by atoms with van der Waals surface area (Å²) in [7, 11) is 2.61. The van der Waals surface area contributed by atoms with Crippen LogP contribution in [0.3, 0.4) is 0 Å². The van der Waals surface area contributed by atoms with E-state index in [9.17, 15) is 29.4 Å². The Morgan fingerprint density at radius 1 is 0.792 bits per heavy atom. The second-order valence-electron chi connectivity index (χ2n) is 13.8. The van der Waals surface area contributed by atoms with Crippen LogP contribution < -0.4 is 0 Å². The molecule has 0 aromatic carbocycles. The van der Waals surface area contributed by atoms with Crippen molar-refractivity contribution in [1.82, 2.24) is 9.80 Å². The quantitative estimate of drug-likeness (QED) is 0.252. The van der Waals surface area contributed by atoms with E-state index >= 15 is 0 Å². The molecular formula is C34H44N2O10S2. The minimum absolute atomic E-state index is 0.124. The van der Waals surface area contributed by atoms with Crippen LogP contribution >= 0.6 is 21.6 Å². The number of fused-ring (bicyclic) bond motifs is 3. The van der Waals surface area contributed by atoms with Gasteiger partial charge in [0.05, 0.1) is 61.2 Å². The maximum Gasteiger partial charge on any atom is 0.311 e. The first kappa shape index (κ1) is 34.9. The summed E-state index contributed by atoms with van der Waals surface area (Å²) in [5.41, 5.74) is 1.24. The van der Waals surface area contributed by atoms with Crippen molar-refractivity contribution in [2.45, 2.75) is 113 Å². The third kappa shape index (κ3) is 5.28. The lowest BCUT2D eigenvalue weighted by atomic mass is 9.91. The summed E-state index contributed by atoms with van der Waals surface area (Å²) >= 11 is 0. The zero-order chi connectivity index (χ0) is 34.7. The van der Waals surface area contributed by atoms with Gasteiger partial charge in [-0.15, -0.1) is 0 Å². The van der Waals surface area contributed by atoms with E-state index in [1.165, 1.54) is 46.6 Å². The molecule has 262 valence electrons. The Morgan fingerprint density at radius 3 is 1.52 bits per heavy atom. The highest BCUT2D eigenvalue weighted by Gasteiger charge is 2.78. The Morgan fingerprint density at radius 2 is 1.17 bits per heavy atom. The highest BCUT2D eigenvalue weighted by Crippen LogP contribution is 2.69. The Bertz CT molecular complexity index is 1370. The van der Waals surface area contributed by atoms with Crippen LogP contribution in [-0.2, 0) is 38.1 Å². The predicted molar refractivity (Wildman–Crippen MR) is 177 cm³/mol. The highest BCUT2D eigenvalue weighted by molar-refractivity contribution is 8.78. The summed E-state index contributed by atoms with van der Waals surface area (Å²) < 4.78 is 23.2. The molecule has 2 N–H and O–H groups in total. The second kappa shape index (κ2) is 13.1. The van der Waals surface area contributed by atoms with Crippen molar-refractivity contribution in [3.05, 3.63) is 48.3 Å². The van der Waals surface area contributed by atoms with Crippen molar-refractivity contribution in [2.24, 2.45) is 23.7 Å². The van der Waals surface area contributed by atoms with Gasteiger partial charge in [0.1, 0.15) is 12.2 Å². The first-order chi connectivity index (χ1) is 22.8. The molecule has 5 fully saturated rings. The van der Waals surface area contributed by atoms with E-state index in [1.54, 1.807) is 35.8 Å². The SMILES string of the molecule is CCC(C)C(O)C(C)C(=O)OC1C=COC=C2C[C@@]34SS[C@]5(CC6=COC=C[C@H](OC(=O)C(C)C(O)C(C)CC)[C@H]6N5C3=O)C(=O)N4[C@@H]21. The minimum Gasteiger partial charge on any atom is -0.473 e. The smallest absolute Gasteiger partial charge is 0.311 e. The molecule has 7 aliphatic rings. The highest BCUT2D eigenvalue weighted by atomic mass is 33.1. The van der Waals surface area contributed by atoms with Crippen LogP contribution in [0.4, 0.5) is 0 Å². The number of rotatable bonds is 10. The Labute approximate surface area is 288 Å². The van der Waals surface area contributed by atoms with Crippen LogP contribution in [0, 0.1) is 23.7 Å². The number of carbonyl (C=O) groups is 4. The zero-order valence-corrected chi connectivity index (χ0v) is 29.6. The molecule has 7 rings (SSSR count). The zero-order valence-electron chi connectivity index (χ0n) is 27.9. The summed E-state index contributed by atoms with van der Waals surface area (Å²) in [6.07, 6.45) is 6.80. The number of nitrogens with zero attached hydrogens (tertiary/aromatic N) is 2. The van der Waals surface area contributed by atoms with Crippen LogP contribution in [0.15, 0.2) is 48.3 Å². The maximum atomic E-state index is 14.8. The molecule has 14 heteroatoms. The van der Waals surface area contributed by atoms with E-state index in [2.05, 4.69) is 0 Å². The van der Waals surface area contributed by atoms with Crippen LogP contribution in [0.2, 0.25) is 0 Å². The number of amides is 2. The van der Waals surface area contributed by atoms with Gasteiger partial charge in [0, 0.05) is 12.8 Å². The Balaban J connectivity index is 1.31. The third-order valence-electron chi connectivity index (χ3n) is 10.9. The number of piperazine rings is 1. The molecule has 2 amide bonds. The monoisotopic (exact) mass is 704 g/mol. The number of ether oxygens (including phenoxy) is 4. The van der Waals surface area contributed by atoms with Crippen molar-refractivity contribution < 1.29 is 48.3 Å². The van der Waals surface area contributed by atoms with Crippen molar-refractivity contribution >= 4 is 45.3 Å². The van der Waals surface area contributed by atoms with Crippen molar-refractivity contribution in [3.8, 4) is 0 Å². The molecule has 7 heterocycles. The molecule has 5 saturated heterocycles. The number of hydrogen-bond donors (Lipinski definition) is 2. The molecule has 12 atom stereocenters. The van der Waals surface area contributed by atoms with Gasteiger partial charge in [-0.25, -0.2) is 0 Å². The summed E-state index contributed by atoms with van der Waals surface area (Å²) in [6, 6.07) is -1.62. The topological polar surface area (TPSA) is 152 Å². The van der Waals surface area contributed by atoms with Gasteiger partial charge in [0.2, 0.25) is 0 Å². The van der Waals surface area contributed by atoms with E-state index in [0.29, 0.717) is 24.0 Å². The van der Waals surface area contributed by atoms with E-state index in [-0.39, 0.29) is 36.5 Å². The number of carbonyl (C=O) groups excluding carboxylic acids is 4. The van der Waals surface area contributed by atoms with Gasteiger partial charge in [0.15, 0.2) is 9.74 Å². The van der Waals surface area contributed by atoms with Crippen molar-refractivity contribution in [1.29, 1.82) is 0 Å². The third-order valence-corrected chi connectivity index (χ3v) is 14.5. The fourth-order valence-electron chi connectivity index (χ4n) is 7.46. The van der Waals surface area contributed by atoms with E-state index in [1.807, 2.05) is 27.7 Å². The maximum absolute atomic E-state index is 14.8. The number of aliphatic hydroxyl groups excluding tert-OH is 2. The van der Waals surface area contributed by atoms with Crippen LogP contribution in [-0.4, -0.2) is 90.0 Å². The molecule has 0 radical (unpaired) electrons. The van der Waals surface area contributed by atoms with Gasteiger partial charge >= 0.3 is 11.9 Å². The molecule has 48 heavy (non-hydrogen) atoms. The molecule has 2 spiro atoms. The average molecular weight is 705 g/mol. The fraction of sp³-hybridized carbons (Fsp3) is 0.647. The second-order valence-corrected chi connectivity index (χ2v) is 16.5. The molecule has 0 aromatic heterocycles. The first-order valence-electron chi connectivity index (χ1n) is 16.7. The lowest BCUT2D eigenvalue weighted by molar-refractivity contribution is -0.174. The number of hydrogen-bond acceptors (Lipinski definition) is 12. The van der Waals surface area contributed by atoms with Crippen molar-refractivity contribution in [3.63, 3.8) is 0 Å². The predicted octanol–water partition coefficient (Wildman–Crippen LogP) is 3.75. The van der Waals surface area contributed by atoms with Crippen LogP contribution in [0.25, 0.3) is 0 Å². The van der Waals surface area contributed by atoms with Gasteiger partial charge in [-0.2, -0.15) is 0 Å². The van der Waals surface area contributed by atoms with Crippen molar-refractivity contribution in [2.75, 3.05) is 0 Å². The van der Waals surface area contributed by atoms with Gasteiger partial charge < -0.3 is 39.0 Å². The standard InChI is InChI=1S/C34H44N2O10S2/c1-7-17(3)27(37)19(5)29(39)45-23-9-11-43-15-21-13-33-32(42)36-26-22(14-34(36,48-47-33)31(41)35(33)25(21)23)16-44-12-10-24(26)46-30(40)20(6)28(38)18(4)8-2/h9-12,15-20,23-28,37-38H,7-8,13-14H2,1-6H3/t17?,18?,19?,20?,23-,24?,25-,26-,27?,28?,33+,34+/m0/s1. The Hall–Kier alpha value is -2.94. The number of aliphatic hydroxyl groups is 2. The molecule has 2 bridgehead atoms. The molecule has 0 aromatic rings. The van der Waals surface area contributed by atoms with Gasteiger partial charge in [-0.1, -0.05) is 62.1 Å². The van der Waals surface area contributed by atoms with E-state index in [0.717, 1.165) is 0 Å². The molecule has 7 unspecified atom stereocenters. The number of esters is 2. The molecule has 0 saturated carbocycles. The largest absolute Gasteiger partial charge is 0.473 e. The summed E-state index contributed by atoms with van der Waals surface area (Å²) in [6.45, 7) is 10.8. The van der Waals surface area contributed by atoms with E-state index in [4.69, 9.17) is 18.9 Å². The molecular weight excluding hydrogens is 661 g/mol. The summed E-state index contributed by atoms with van der Waals surface area (Å²) in [5, 5.41) is 21.5. The lowest BCUT2D eigenvalue weighted by Crippen LogP contribution is -2.77. The van der Waals surface area contributed by atoms with Crippen LogP contribution in [0.5, 0.6) is 0 Å². The van der Waals surface area contributed by atoms with Gasteiger partial charge in [-0.05, 0) is 49.0 Å². The molecule has 7 aliphatic heterocycles. The van der Waals surface area contributed by atoms with E-state index < -0.39 is 70.0 Å². The summed E-state index contributed by atoms with van der Waals surface area (Å²) in [5.74, 6) is -3.76. The summed E-state index contributed by atoms with van der Waals surface area (Å²) in [4.78, 5) is 56.7. The molecule has 0 aliphatic carbocycles. The lowest BCUT2D eigenvalue weighted by Gasteiger charge is -2.58. The average Bonchev–Trinajstić information content (AvgIpc) is 3.45. The minimum atomic E-state index is -1.37. The van der Waals surface area contributed by atoms with Crippen LogP contribution in [0.1, 0.15) is 67.2 Å². The molecule has 12 nitrogen and oxygen atoms in total. The Kier molecular flexibility index (Phi) is 9.50. The first-order valence-corrected chi connectivity index (χ1v) is 18.8. The fourth-order valence-corrected chi connectivity index (χ4v) is 11.2.